The zero-order valence-electron chi connectivity index (χ0n) is 13.5. The number of fused-ring (bicyclic) bond motifs is 1. The third-order valence-corrected chi connectivity index (χ3v) is 4.02. The third-order valence-electron chi connectivity index (χ3n) is 4.02. The third kappa shape index (κ3) is 3.21. The number of aryl methyl sites for hydroxylation is 1. The van der Waals surface area contributed by atoms with Crippen LogP contribution in [0.4, 0.5) is 0 Å². The summed E-state index contributed by atoms with van der Waals surface area (Å²) in [5.41, 5.74) is 5.65. The highest BCUT2D eigenvalue weighted by Gasteiger charge is 2.21. The van der Waals surface area contributed by atoms with E-state index in [-0.39, 0.29) is 0 Å². The summed E-state index contributed by atoms with van der Waals surface area (Å²) in [5.74, 6) is 1.56. The second-order valence-corrected chi connectivity index (χ2v) is 5.70. The first-order chi connectivity index (χ1) is 11.2. The molecule has 1 heterocycles. The van der Waals surface area contributed by atoms with Crippen molar-refractivity contribution in [2.75, 3.05) is 0 Å². The van der Waals surface area contributed by atoms with Crippen LogP contribution >= 0.6 is 0 Å². The van der Waals surface area contributed by atoms with Gasteiger partial charge in [-0.2, -0.15) is 0 Å². The van der Waals surface area contributed by atoms with Crippen LogP contribution < -0.4 is 4.89 Å². The van der Waals surface area contributed by atoms with E-state index in [0.29, 0.717) is 6.42 Å². The summed E-state index contributed by atoms with van der Waals surface area (Å²) in [7, 11) is 0. The Kier molecular flexibility index (Phi) is 4.33. The van der Waals surface area contributed by atoms with Gasteiger partial charge in [0.05, 0.1) is 0 Å². The van der Waals surface area contributed by atoms with Gasteiger partial charge in [0, 0.05) is 17.6 Å². The fourth-order valence-electron chi connectivity index (χ4n) is 2.60. The molecule has 0 aliphatic carbocycles. The van der Waals surface area contributed by atoms with Crippen molar-refractivity contribution in [2.24, 2.45) is 0 Å². The monoisotopic (exact) mass is 304 g/mol. The average Bonchev–Trinajstić information content (AvgIpc) is 2.58. The molecule has 1 aliphatic rings. The Morgan fingerprint density at radius 2 is 1.78 bits per heavy atom. The molecule has 2 aromatic rings. The van der Waals surface area contributed by atoms with Gasteiger partial charge in [-0.15, -0.1) is 0 Å². The molecule has 0 atom stereocenters. The van der Waals surface area contributed by atoms with E-state index in [1.165, 1.54) is 11.1 Å². The molecule has 1 aliphatic heterocycles. The predicted molar refractivity (Wildman–Crippen MR) is 93.9 cm³/mol. The quantitative estimate of drug-likeness (QED) is 0.556. The highest BCUT2D eigenvalue weighted by atomic mass is 17.2. The molecule has 0 fully saturated rings. The Morgan fingerprint density at radius 1 is 1.04 bits per heavy atom. The molecular formula is C21H20O2. The summed E-state index contributed by atoms with van der Waals surface area (Å²) in [6.07, 6.45) is 4.63. The van der Waals surface area contributed by atoms with Crippen LogP contribution in [0, 0.1) is 6.92 Å². The molecule has 0 saturated carbocycles. The van der Waals surface area contributed by atoms with Gasteiger partial charge in [-0.25, -0.2) is 0 Å². The molecule has 0 bridgehead atoms. The molecule has 0 amide bonds. The van der Waals surface area contributed by atoms with E-state index in [1.807, 2.05) is 43.3 Å². The van der Waals surface area contributed by atoms with Gasteiger partial charge in [0.1, 0.15) is 0 Å². The highest BCUT2D eigenvalue weighted by Crippen LogP contribution is 2.36. The van der Waals surface area contributed by atoms with Crippen LogP contribution in [0.1, 0.15) is 23.6 Å². The van der Waals surface area contributed by atoms with E-state index >= 15 is 0 Å². The van der Waals surface area contributed by atoms with E-state index in [1.54, 1.807) is 0 Å². The van der Waals surface area contributed by atoms with E-state index in [9.17, 15) is 0 Å². The summed E-state index contributed by atoms with van der Waals surface area (Å²) in [4.78, 5) is 11.1. The van der Waals surface area contributed by atoms with Crippen LogP contribution in [-0.4, -0.2) is 0 Å². The Labute approximate surface area is 137 Å². The van der Waals surface area contributed by atoms with Gasteiger partial charge in [-0.1, -0.05) is 60.7 Å². The van der Waals surface area contributed by atoms with Crippen molar-refractivity contribution >= 4 is 5.57 Å². The zero-order chi connectivity index (χ0) is 16.2. The van der Waals surface area contributed by atoms with Crippen molar-refractivity contribution < 1.29 is 9.78 Å². The van der Waals surface area contributed by atoms with E-state index in [0.717, 1.165) is 28.2 Å². The molecule has 2 nitrogen and oxygen atoms in total. The van der Waals surface area contributed by atoms with Crippen molar-refractivity contribution in [3.8, 4) is 5.75 Å². The summed E-state index contributed by atoms with van der Waals surface area (Å²) in [6, 6.07) is 16.2. The highest BCUT2D eigenvalue weighted by molar-refractivity contribution is 5.81. The number of hydrogen-bond acceptors (Lipinski definition) is 2. The minimum Gasteiger partial charge on any atom is -0.293 e. The maximum atomic E-state index is 5.62. The SMILES string of the molecule is C=C/C(C)=C\C1=C(Cc2ccccc2C)OOc2ccccc21. The average molecular weight is 304 g/mol. The van der Waals surface area contributed by atoms with Crippen LogP contribution in [0.5, 0.6) is 5.75 Å². The molecule has 2 heteroatoms. The number of hydrogen-bond donors (Lipinski definition) is 0. The van der Waals surface area contributed by atoms with E-state index < -0.39 is 0 Å². The molecule has 0 aromatic heterocycles. The minimum atomic E-state index is 0.692. The lowest BCUT2D eigenvalue weighted by atomic mass is 9.96. The van der Waals surface area contributed by atoms with E-state index in [2.05, 4.69) is 37.8 Å². The lowest BCUT2D eigenvalue weighted by molar-refractivity contribution is -0.170. The van der Waals surface area contributed by atoms with Gasteiger partial charge in [-0.3, -0.25) is 9.78 Å². The smallest absolute Gasteiger partial charge is 0.186 e. The van der Waals surface area contributed by atoms with Crippen molar-refractivity contribution in [2.45, 2.75) is 20.3 Å². The summed E-state index contributed by atoms with van der Waals surface area (Å²) in [5, 5.41) is 0. The molecule has 0 saturated heterocycles. The maximum absolute atomic E-state index is 5.62. The fourth-order valence-corrected chi connectivity index (χ4v) is 2.60. The Morgan fingerprint density at radius 3 is 2.57 bits per heavy atom. The molecule has 23 heavy (non-hydrogen) atoms. The van der Waals surface area contributed by atoms with Gasteiger partial charge in [0.25, 0.3) is 0 Å². The molecule has 2 aromatic carbocycles. The molecule has 3 rings (SSSR count). The predicted octanol–water partition coefficient (Wildman–Crippen LogP) is 5.41. The lowest BCUT2D eigenvalue weighted by Gasteiger charge is -2.21. The van der Waals surface area contributed by atoms with Crippen molar-refractivity contribution in [3.63, 3.8) is 0 Å². The topological polar surface area (TPSA) is 18.5 Å². The van der Waals surface area contributed by atoms with Gasteiger partial charge < -0.3 is 0 Å². The summed E-state index contributed by atoms with van der Waals surface area (Å²) < 4.78 is 0. The van der Waals surface area contributed by atoms with Gasteiger partial charge in [-0.05, 0) is 37.1 Å². The Balaban J connectivity index is 2.10. The van der Waals surface area contributed by atoms with Gasteiger partial charge in [0.2, 0.25) is 0 Å². The van der Waals surface area contributed by atoms with Gasteiger partial charge >= 0.3 is 0 Å². The first-order valence-corrected chi connectivity index (χ1v) is 7.71. The minimum absolute atomic E-state index is 0.692. The number of para-hydroxylation sites is 1. The molecular weight excluding hydrogens is 284 g/mol. The molecule has 0 spiro atoms. The van der Waals surface area contributed by atoms with E-state index in [4.69, 9.17) is 9.78 Å². The summed E-state index contributed by atoms with van der Waals surface area (Å²) >= 11 is 0. The number of benzene rings is 2. The van der Waals surface area contributed by atoms with Crippen LogP contribution in [-0.2, 0) is 11.3 Å². The van der Waals surface area contributed by atoms with Crippen LogP contribution in [0.2, 0.25) is 0 Å². The molecule has 0 unspecified atom stereocenters. The summed E-state index contributed by atoms with van der Waals surface area (Å²) in [6.45, 7) is 7.98. The second kappa shape index (κ2) is 6.57. The van der Waals surface area contributed by atoms with Crippen molar-refractivity contribution in [3.05, 3.63) is 95.3 Å². The lowest BCUT2D eigenvalue weighted by Crippen LogP contribution is -2.11. The van der Waals surface area contributed by atoms with Gasteiger partial charge in [0.15, 0.2) is 11.5 Å². The largest absolute Gasteiger partial charge is 0.293 e. The van der Waals surface area contributed by atoms with Crippen LogP contribution in [0.15, 0.2) is 78.6 Å². The normalized spacial score (nSPS) is 13.9. The van der Waals surface area contributed by atoms with Crippen LogP contribution in [0.25, 0.3) is 5.57 Å². The van der Waals surface area contributed by atoms with Crippen molar-refractivity contribution in [1.29, 1.82) is 0 Å². The maximum Gasteiger partial charge on any atom is 0.186 e. The second-order valence-electron chi connectivity index (χ2n) is 5.70. The number of rotatable bonds is 4. The molecule has 0 N–H and O–H groups in total. The first-order valence-electron chi connectivity index (χ1n) is 7.71. The zero-order valence-corrected chi connectivity index (χ0v) is 13.5. The Hall–Kier alpha value is -2.74. The van der Waals surface area contributed by atoms with Crippen molar-refractivity contribution in [1.82, 2.24) is 0 Å². The Bertz CT molecular complexity index is 797. The first kappa shape index (κ1) is 15.2. The standard InChI is InChI=1S/C21H20O2/c1-4-15(2)13-19-18-11-7-8-12-20(18)22-23-21(19)14-17-10-6-5-9-16(17)3/h4-13H,1,14H2,2-3H3/b15-13-. The molecule has 0 radical (unpaired) electrons. The number of allylic oxidation sites excluding steroid dienone is 5. The van der Waals surface area contributed by atoms with Crippen LogP contribution in [0.3, 0.4) is 0 Å². The molecule has 116 valence electrons. The fraction of sp³-hybridized carbons (Fsp3) is 0.143.